The van der Waals surface area contributed by atoms with Crippen LogP contribution in [-0.2, 0) is 0 Å². The van der Waals surface area contributed by atoms with Gasteiger partial charge in [0.05, 0.1) is 10.6 Å². The molecule has 7 heteroatoms. The van der Waals surface area contributed by atoms with E-state index >= 15 is 0 Å². The van der Waals surface area contributed by atoms with Crippen LogP contribution in [-0.4, -0.2) is 41.0 Å². The van der Waals surface area contributed by atoms with Gasteiger partial charge in [0.2, 0.25) is 5.89 Å². The van der Waals surface area contributed by atoms with Gasteiger partial charge in [-0.25, -0.2) is 4.98 Å². The van der Waals surface area contributed by atoms with Crippen LogP contribution in [0, 0.1) is 0 Å². The normalized spacial score (nSPS) is 25.1. The first-order valence-electron chi connectivity index (χ1n) is 9.76. The van der Waals surface area contributed by atoms with Gasteiger partial charge in [-0.15, -0.1) is 11.3 Å². The number of oxazole rings is 1. The first kappa shape index (κ1) is 18.2. The van der Waals surface area contributed by atoms with Gasteiger partial charge in [-0.1, -0.05) is 24.1 Å². The minimum atomic E-state index is -0.0737. The van der Waals surface area contributed by atoms with Crippen LogP contribution >= 0.6 is 22.9 Å². The lowest BCUT2D eigenvalue weighted by Gasteiger charge is -2.47. The number of hydrogen-bond donors (Lipinski definition) is 1. The highest BCUT2D eigenvalue weighted by Crippen LogP contribution is 2.36. The Morgan fingerprint density at radius 1 is 1.29 bits per heavy atom. The van der Waals surface area contributed by atoms with Crippen molar-refractivity contribution >= 4 is 39.9 Å². The van der Waals surface area contributed by atoms with E-state index in [2.05, 4.69) is 22.2 Å². The zero-order valence-electron chi connectivity index (χ0n) is 15.7. The molecule has 4 heterocycles. The Morgan fingerprint density at radius 3 is 2.79 bits per heavy atom. The molecule has 2 aliphatic rings. The minimum Gasteiger partial charge on any atom is -0.435 e. The number of carbonyl (C=O) groups is 1. The number of piperidine rings is 2. The Bertz CT molecular complexity index is 1020. The molecule has 0 aliphatic carbocycles. The molecule has 1 N–H and O–H groups in total. The van der Waals surface area contributed by atoms with Crippen molar-refractivity contribution in [2.24, 2.45) is 0 Å². The molecule has 5 rings (SSSR count). The smallest absolute Gasteiger partial charge is 0.253 e. The van der Waals surface area contributed by atoms with Crippen LogP contribution < -0.4 is 5.32 Å². The predicted octanol–water partition coefficient (Wildman–Crippen LogP) is 4.95. The van der Waals surface area contributed by atoms with E-state index in [4.69, 9.17) is 16.0 Å². The molecule has 1 amide bonds. The van der Waals surface area contributed by atoms with Gasteiger partial charge >= 0.3 is 0 Å². The van der Waals surface area contributed by atoms with E-state index in [-0.39, 0.29) is 11.9 Å². The molecule has 0 saturated carbocycles. The summed E-state index contributed by atoms with van der Waals surface area (Å²) in [6.45, 7) is 0. The number of benzene rings is 1. The van der Waals surface area contributed by atoms with Gasteiger partial charge in [-0.2, -0.15) is 0 Å². The summed E-state index contributed by atoms with van der Waals surface area (Å²) >= 11 is 7.70. The van der Waals surface area contributed by atoms with Crippen molar-refractivity contribution in [3.8, 4) is 10.8 Å². The molecule has 2 atom stereocenters. The van der Waals surface area contributed by atoms with E-state index < -0.39 is 0 Å². The van der Waals surface area contributed by atoms with E-state index in [0.29, 0.717) is 39.7 Å². The molecule has 5 nitrogen and oxygen atoms in total. The second-order valence-electron chi connectivity index (χ2n) is 7.81. The maximum atomic E-state index is 13.1. The number of fused-ring (bicyclic) bond motifs is 3. The summed E-state index contributed by atoms with van der Waals surface area (Å²) in [5.41, 5.74) is 1.75. The Labute approximate surface area is 172 Å². The summed E-state index contributed by atoms with van der Waals surface area (Å²) in [5.74, 6) is 0.388. The van der Waals surface area contributed by atoms with Crippen molar-refractivity contribution in [2.45, 2.75) is 50.2 Å². The summed E-state index contributed by atoms with van der Waals surface area (Å²) in [4.78, 5) is 20.9. The van der Waals surface area contributed by atoms with Crippen molar-refractivity contribution in [3.05, 3.63) is 40.2 Å². The third kappa shape index (κ3) is 3.13. The zero-order chi connectivity index (χ0) is 19.3. The number of nitrogens with zero attached hydrogens (tertiary/aromatic N) is 2. The highest BCUT2D eigenvalue weighted by molar-refractivity contribution is 7.14. The molecule has 0 spiro atoms. The number of hydrogen-bond acceptors (Lipinski definition) is 5. The molecule has 2 saturated heterocycles. The van der Waals surface area contributed by atoms with Gasteiger partial charge in [0.15, 0.2) is 5.58 Å². The number of para-hydroxylation sites is 1. The van der Waals surface area contributed by atoms with Crippen molar-refractivity contribution in [1.29, 1.82) is 0 Å². The maximum Gasteiger partial charge on any atom is 0.253 e. The van der Waals surface area contributed by atoms with Crippen molar-refractivity contribution in [2.75, 3.05) is 7.05 Å². The summed E-state index contributed by atoms with van der Waals surface area (Å²) < 4.78 is 5.88. The monoisotopic (exact) mass is 415 g/mol. The van der Waals surface area contributed by atoms with Gasteiger partial charge in [-0.3, -0.25) is 4.79 Å². The fourth-order valence-electron chi connectivity index (χ4n) is 4.67. The molecule has 3 aromatic rings. The average molecular weight is 416 g/mol. The van der Waals surface area contributed by atoms with E-state index in [0.717, 1.165) is 17.7 Å². The molecular weight excluding hydrogens is 394 g/mol. The van der Waals surface area contributed by atoms with Crippen molar-refractivity contribution < 1.29 is 9.21 Å². The summed E-state index contributed by atoms with van der Waals surface area (Å²) in [6, 6.07) is 8.68. The number of thiophene rings is 1. The maximum absolute atomic E-state index is 13.1. The Hall–Kier alpha value is -1.89. The number of aromatic nitrogens is 1. The van der Waals surface area contributed by atoms with Crippen LogP contribution in [0.1, 0.15) is 42.5 Å². The number of amides is 1. The lowest BCUT2D eigenvalue weighted by Crippen LogP contribution is -2.55. The van der Waals surface area contributed by atoms with Crippen LogP contribution in [0.15, 0.2) is 34.1 Å². The van der Waals surface area contributed by atoms with Gasteiger partial charge in [0, 0.05) is 18.1 Å². The van der Waals surface area contributed by atoms with Crippen molar-refractivity contribution in [3.63, 3.8) is 0 Å². The molecule has 28 heavy (non-hydrogen) atoms. The third-order valence-electron chi connectivity index (χ3n) is 6.15. The molecule has 2 unspecified atom stereocenters. The number of nitrogens with one attached hydrogen (secondary N) is 1. The van der Waals surface area contributed by atoms with Gasteiger partial charge in [0.25, 0.3) is 5.91 Å². The predicted molar refractivity (Wildman–Crippen MR) is 112 cm³/mol. The van der Waals surface area contributed by atoms with Crippen LogP contribution in [0.2, 0.25) is 5.02 Å². The number of halogens is 1. The molecule has 2 aliphatic heterocycles. The number of carbonyl (C=O) groups excluding carboxylic acids is 1. The molecule has 2 fully saturated rings. The van der Waals surface area contributed by atoms with Crippen LogP contribution in [0.4, 0.5) is 0 Å². The highest BCUT2D eigenvalue weighted by atomic mass is 35.5. The van der Waals surface area contributed by atoms with Crippen LogP contribution in [0.3, 0.4) is 0 Å². The quantitative estimate of drug-likeness (QED) is 0.657. The van der Waals surface area contributed by atoms with E-state index in [1.165, 1.54) is 30.6 Å². The van der Waals surface area contributed by atoms with Crippen LogP contribution in [0.5, 0.6) is 0 Å². The minimum absolute atomic E-state index is 0.0737. The average Bonchev–Trinajstić information content (AvgIpc) is 3.27. The Kier molecular flexibility index (Phi) is 4.65. The summed E-state index contributed by atoms with van der Waals surface area (Å²) in [6.07, 6.45) is 5.78. The molecule has 0 radical (unpaired) electrons. The molecule has 2 bridgehead atoms. The Balaban J connectivity index is 1.40. The second-order valence-corrected chi connectivity index (χ2v) is 9.14. The fraction of sp³-hybridized carbons (Fsp3) is 0.429. The van der Waals surface area contributed by atoms with E-state index in [1.807, 2.05) is 29.6 Å². The SMILES string of the molecule is CN1C2CCCC1CC(NC(=O)c1cccc3oc(-c4sccc4Cl)nc13)C2. The van der Waals surface area contributed by atoms with Gasteiger partial charge < -0.3 is 14.6 Å². The van der Waals surface area contributed by atoms with Gasteiger partial charge in [0.1, 0.15) is 10.4 Å². The zero-order valence-corrected chi connectivity index (χ0v) is 17.2. The number of rotatable bonds is 3. The molecule has 1 aromatic carbocycles. The fourth-order valence-corrected chi connectivity index (χ4v) is 5.73. The lowest BCUT2D eigenvalue weighted by atomic mass is 9.82. The van der Waals surface area contributed by atoms with Crippen LogP contribution in [0.25, 0.3) is 21.9 Å². The first-order valence-corrected chi connectivity index (χ1v) is 11.0. The Morgan fingerprint density at radius 2 is 2.07 bits per heavy atom. The standard InChI is InChI=1S/C21H22ClN3O2S/c1-25-13-4-2-5-14(25)11-12(10-13)23-20(26)15-6-3-7-17-18(15)24-21(27-17)19-16(22)8-9-28-19/h3,6-9,12-14H,2,4-5,10-11H2,1H3,(H,23,26). The summed E-state index contributed by atoms with van der Waals surface area (Å²) in [7, 11) is 2.22. The topological polar surface area (TPSA) is 58.4 Å². The largest absolute Gasteiger partial charge is 0.435 e. The molecule has 146 valence electrons. The molecular formula is C21H22ClN3O2S. The lowest BCUT2D eigenvalue weighted by molar-refractivity contribution is 0.0463. The second kappa shape index (κ2) is 7.17. The van der Waals surface area contributed by atoms with E-state index in [1.54, 1.807) is 0 Å². The highest BCUT2D eigenvalue weighted by Gasteiger charge is 2.36. The van der Waals surface area contributed by atoms with Crippen molar-refractivity contribution in [1.82, 2.24) is 15.2 Å². The first-order chi connectivity index (χ1) is 13.6. The van der Waals surface area contributed by atoms with Gasteiger partial charge in [-0.05, 0) is 56.3 Å². The summed E-state index contributed by atoms with van der Waals surface area (Å²) in [5, 5.41) is 5.77. The third-order valence-corrected chi connectivity index (χ3v) is 7.48. The van der Waals surface area contributed by atoms with E-state index in [9.17, 15) is 4.79 Å². The molecule has 2 aromatic heterocycles.